The lowest BCUT2D eigenvalue weighted by molar-refractivity contribution is 0.517. The minimum Gasteiger partial charge on any atom is -0.315 e. The Kier molecular flexibility index (Phi) is 6.11. The molecular formula is C12H20IN3O. The Morgan fingerprint density at radius 2 is 2.18 bits per heavy atom. The summed E-state index contributed by atoms with van der Waals surface area (Å²) in [5.74, 6) is 0.798. The summed E-state index contributed by atoms with van der Waals surface area (Å²) in [4.78, 5) is 16.1. The molecule has 0 unspecified atom stereocenters. The van der Waals surface area contributed by atoms with Crippen molar-refractivity contribution in [2.45, 2.75) is 46.2 Å². The molecule has 0 aliphatic carbocycles. The van der Waals surface area contributed by atoms with E-state index in [0.717, 1.165) is 31.8 Å². The van der Waals surface area contributed by atoms with Crippen molar-refractivity contribution in [3.63, 3.8) is 0 Å². The number of unbranched alkanes of at least 4 members (excludes halogenated alkanes) is 1. The van der Waals surface area contributed by atoms with Gasteiger partial charge in [0.25, 0.3) is 5.56 Å². The highest BCUT2D eigenvalue weighted by Gasteiger charge is 2.04. The van der Waals surface area contributed by atoms with Crippen molar-refractivity contribution in [1.29, 1.82) is 0 Å². The quantitative estimate of drug-likeness (QED) is 0.631. The lowest BCUT2D eigenvalue weighted by atomic mass is 10.3. The summed E-state index contributed by atoms with van der Waals surface area (Å²) in [5, 5.41) is 3.37. The van der Waals surface area contributed by atoms with E-state index >= 15 is 0 Å². The van der Waals surface area contributed by atoms with E-state index in [2.05, 4.69) is 24.1 Å². The Labute approximate surface area is 116 Å². The average molecular weight is 349 g/mol. The maximum Gasteiger partial charge on any atom is 0.266 e. The van der Waals surface area contributed by atoms with E-state index in [-0.39, 0.29) is 5.56 Å². The summed E-state index contributed by atoms with van der Waals surface area (Å²) >= 11 is 2.04. The van der Waals surface area contributed by atoms with Crippen molar-refractivity contribution in [2.75, 3.05) is 6.54 Å². The summed E-state index contributed by atoms with van der Waals surface area (Å²) in [5.41, 5.74) is 0.0786. The molecule has 1 heterocycles. The summed E-state index contributed by atoms with van der Waals surface area (Å²) in [7, 11) is 0. The van der Waals surface area contributed by atoms with Crippen LogP contribution in [0.2, 0.25) is 0 Å². The first-order valence-corrected chi connectivity index (χ1v) is 7.05. The Bertz CT molecular complexity index is 415. The first-order chi connectivity index (χ1) is 8.02. The first kappa shape index (κ1) is 14.6. The van der Waals surface area contributed by atoms with Crippen molar-refractivity contribution in [3.8, 4) is 0 Å². The molecule has 0 saturated heterocycles. The fourth-order valence-corrected chi connectivity index (χ4v) is 2.03. The highest BCUT2D eigenvalue weighted by Crippen LogP contribution is 2.00. The molecule has 0 atom stereocenters. The van der Waals surface area contributed by atoms with Crippen LogP contribution < -0.4 is 10.9 Å². The molecule has 1 N–H and O–H groups in total. The summed E-state index contributed by atoms with van der Waals surface area (Å²) < 4.78 is 2.45. The molecule has 0 saturated carbocycles. The topological polar surface area (TPSA) is 46.9 Å². The Balaban J connectivity index is 2.47. The van der Waals surface area contributed by atoms with Gasteiger partial charge < -0.3 is 5.32 Å². The fraction of sp³-hybridized carbons (Fsp3) is 0.667. The zero-order valence-electron chi connectivity index (χ0n) is 10.7. The second kappa shape index (κ2) is 7.10. The van der Waals surface area contributed by atoms with Crippen LogP contribution >= 0.6 is 22.6 Å². The van der Waals surface area contributed by atoms with Gasteiger partial charge in [-0.3, -0.25) is 9.36 Å². The minimum atomic E-state index is 0.0786. The normalized spacial score (nSPS) is 11.1. The SMILES string of the molecule is Cc1ncc(I)c(=O)n1CCCCNC(C)C. The largest absolute Gasteiger partial charge is 0.315 e. The molecule has 5 heteroatoms. The van der Waals surface area contributed by atoms with Crippen LogP contribution in [-0.4, -0.2) is 22.1 Å². The lowest BCUT2D eigenvalue weighted by Gasteiger charge is -2.10. The van der Waals surface area contributed by atoms with E-state index in [1.807, 2.05) is 29.5 Å². The fourth-order valence-electron chi connectivity index (χ4n) is 1.60. The summed E-state index contributed by atoms with van der Waals surface area (Å²) in [6, 6.07) is 0.527. The number of nitrogens with one attached hydrogen (secondary N) is 1. The molecule has 0 aliphatic heterocycles. The molecule has 0 fully saturated rings. The molecule has 0 aliphatic rings. The average Bonchev–Trinajstić information content (AvgIpc) is 2.27. The van der Waals surface area contributed by atoms with Crippen molar-refractivity contribution in [3.05, 3.63) is 25.9 Å². The molecule has 17 heavy (non-hydrogen) atoms. The highest BCUT2D eigenvalue weighted by atomic mass is 127. The van der Waals surface area contributed by atoms with Gasteiger partial charge in [0.2, 0.25) is 0 Å². The van der Waals surface area contributed by atoms with Gasteiger partial charge in [0, 0.05) is 18.8 Å². The van der Waals surface area contributed by atoms with E-state index in [0.29, 0.717) is 9.61 Å². The predicted octanol–water partition coefficient (Wildman–Crippen LogP) is 1.93. The van der Waals surface area contributed by atoms with Crippen LogP contribution in [0.15, 0.2) is 11.0 Å². The molecule has 0 aromatic carbocycles. The van der Waals surface area contributed by atoms with Gasteiger partial charge in [-0.15, -0.1) is 0 Å². The van der Waals surface area contributed by atoms with Crippen LogP contribution in [0, 0.1) is 10.5 Å². The van der Waals surface area contributed by atoms with E-state index in [1.54, 1.807) is 10.8 Å². The Morgan fingerprint density at radius 3 is 2.82 bits per heavy atom. The van der Waals surface area contributed by atoms with Gasteiger partial charge >= 0.3 is 0 Å². The van der Waals surface area contributed by atoms with Gasteiger partial charge in [0.15, 0.2) is 0 Å². The molecule has 1 aromatic heterocycles. The molecular weight excluding hydrogens is 329 g/mol. The molecule has 1 rings (SSSR count). The van der Waals surface area contributed by atoms with Crippen molar-refractivity contribution in [1.82, 2.24) is 14.9 Å². The zero-order chi connectivity index (χ0) is 12.8. The van der Waals surface area contributed by atoms with Crippen LogP contribution in [0.4, 0.5) is 0 Å². The van der Waals surface area contributed by atoms with Crippen molar-refractivity contribution >= 4 is 22.6 Å². The number of rotatable bonds is 6. The number of halogens is 1. The first-order valence-electron chi connectivity index (χ1n) is 5.97. The third kappa shape index (κ3) is 4.75. The zero-order valence-corrected chi connectivity index (χ0v) is 12.8. The molecule has 96 valence electrons. The maximum absolute atomic E-state index is 11.9. The van der Waals surface area contributed by atoms with E-state index in [1.165, 1.54) is 0 Å². The molecule has 0 bridgehead atoms. The third-order valence-corrected chi connectivity index (χ3v) is 3.31. The van der Waals surface area contributed by atoms with Crippen LogP contribution in [-0.2, 0) is 6.54 Å². The van der Waals surface area contributed by atoms with Crippen LogP contribution in [0.1, 0.15) is 32.5 Å². The second-order valence-corrected chi connectivity index (χ2v) is 5.59. The molecule has 0 spiro atoms. The van der Waals surface area contributed by atoms with E-state index < -0.39 is 0 Å². The van der Waals surface area contributed by atoms with Crippen molar-refractivity contribution < 1.29 is 0 Å². The van der Waals surface area contributed by atoms with Gasteiger partial charge in [0.05, 0.1) is 3.57 Å². The predicted molar refractivity (Wildman–Crippen MR) is 78.3 cm³/mol. The van der Waals surface area contributed by atoms with E-state index in [9.17, 15) is 4.79 Å². The number of aryl methyl sites for hydroxylation is 1. The number of hydrogen-bond donors (Lipinski definition) is 1. The lowest BCUT2D eigenvalue weighted by Crippen LogP contribution is -2.27. The van der Waals surface area contributed by atoms with Gasteiger partial charge in [-0.25, -0.2) is 4.98 Å². The van der Waals surface area contributed by atoms with Crippen LogP contribution in [0.3, 0.4) is 0 Å². The second-order valence-electron chi connectivity index (χ2n) is 4.43. The Morgan fingerprint density at radius 1 is 1.47 bits per heavy atom. The summed E-state index contributed by atoms with van der Waals surface area (Å²) in [6.45, 7) is 7.91. The van der Waals surface area contributed by atoms with E-state index in [4.69, 9.17) is 0 Å². The summed E-state index contributed by atoms with van der Waals surface area (Å²) in [6.07, 6.45) is 3.72. The van der Waals surface area contributed by atoms with Gasteiger partial charge in [-0.1, -0.05) is 13.8 Å². The van der Waals surface area contributed by atoms with Gasteiger partial charge in [-0.05, 0) is 48.9 Å². The smallest absolute Gasteiger partial charge is 0.266 e. The molecule has 0 radical (unpaired) electrons. The van der Waals surface area contributed by atoms with Gasteiger partial charge in [-0.2, -0.15) is 0 Å². The van der Waals surface area contributed by atoms with Crippen molar-refractivity contribution in [2.24, 2.45) is 0 Å². The standard InChI is InChI=1S/C12H20IN3O/c1-9(2)14-6-4-5-7-16-10(3)15-8-11(13)12(16)17/h8-9,14H,4-7H2,1-3H3. The number of nitrogens with zero attached hydrogens (tertiary/aromatic N) is 2. The van der Waals surface area contributed by atoms with Gasteiger partial charge in [0.1, 0.15) is 5.82 Å². The van der Waals surface area contributed by atoms with Crippen LogP contribution in [0.5, 0.6) is 0 Å². The monoisotopic (exact) mass is 349 g/mol. The Hall–Kier alpha value is -0.430. The minimum absolute atomic E-state index is 0.0786. The third-order valence-electron chi connectivity index (χ3n) is 2.57. The molecule has 0 amide bonds. The number of hydrogen-bond acceptors (Lipinski definition) is 3. The maximum atomic E-state index is 11.9. The molecule has 1 aromatic rings. The highest BCUT2D eigenvalue weighted by molar-refractivity contribution is 14.1. The van der Waals surface area contributed by atoms with Crippen LogP contribution in [0.25, 0.3) is 0 Å². The molecule has 4 nitrogen and oxygen atoms in total. The number of aromatic nitrogens is 2.